The van der Waals surface area contributed by atoms with Crippen molar-refractivity contribution in [3.05, 3.63) is 70.0 Å². The summed E-state index contributed by atoms with van der Waals surface area (Å²) in [6.07, 6.45) is 0.608. The quantitative estimate of drug-likeness (QED) is 0.423. The number of carbonyl (C=O) groups excluding carboxylic acids is 2. The Bertz CT molecular complexity index is 1230. The Morgan fingerprint density at radius 2 is 1.80 bits per heavy atom. The molecule has 35 heavy (non-hydrogen) atoms. The van der Waals surface area contributed by atoms with Gasteiger partial charge in [0.1, 0.15) is 5.01 Å². The van der Waals surface area contributed by atoms with E-state index < -0.39 is 11.4 Å². The summed E-state index contributed by atoms with van der Waals surface area (Å²) in [5, 5.41) is 17.9. The van der Waals surface area contributed by atoms with E-state index in [-0.39, 0.29) is 24.8 Å². The van der Waals surface area contributed by atoms with Gasteiger partial charge in [0.15, 0.2) is 0 Å². The van der Waals surface area contributed by atoms with Crippen molar-refractivity contribution in [1.29, 1.82) is 0 Å². The zero-order chi connectivity index (χ0) is 25.0. The number of nitrogens with zero attached hydrogens (tertiary/aromatic N) is 2. The molecule has 2 aromatic carbocycles. The number of rotatable bonds is 9. The molecule has 1 aliphatic carbocycles. The standard InChI is InChI=1S/C26H28N4O4S/c1-30(2)15-22(31)28-20-9-5-8-17(10-20)21-16-35-23(29-21)14-27-25(34)26(13-24(32)33)11-18-6-3-4-7-19(18)12-26/h3-10,16H,11-15H2,1-2H3,(H,27,34)(H,28,31)(H,32,33). The van der Waals surface area contributed by atoms with E-state index >= 15 is 0 Å². The highest BCUT2D eigenvalue weighted by Gasteiger charge is 2.45. The number of likely N-dealkylation sites (N-methyl/N-ethyl adjacent to an activating group) is 1. The van der Waals surface area contributed by atoms with Crippen LogP contribution in [0.1, 0.15) is 22.6 Å². The number of hydrogen-bond donors (Lipinski definition) is 3. The maximum absolute atomic E-state index is 13.2. The van der Waals surface area contributed by atoms with Crippen LogP contribution in [-0.4, -0.2) is 53.4 Å². The van der Waals surface area contributed by atoms with E-state index in [1.165, 1.54) is 11.3 Å². The molecule has 0 fully saturated rings. The van der Waals surface area contributed by atoms with Gasteiger partial charge in [-0.2, -0.15) is 0 Å². The van der Waals surface area contributed by atoms with Crippen LogP contribution in [-0.2, 0) is 33.8 Å². The van der Waals surface area contributed by atoms with Gasteiger partial charge in [-0.25, -0.2) is 4.98 Å². The van der Waals surface area contributed by atoms with Gasteiger partial charge in [-0.1, -0.05) is 36.4 Å². The number of anilines is 1. The van der Waals surface area contributed by atoms with Gasteiger partial charge in [-0.3, -0.25) is 14.4 Å². The average Bonchev–Trinajstić information content (AvgIpc) is 3.41. The van der Waals surface area contributed by atoms with Crippen LogP contribution in [0.25, 0.3) is 11.3 Å². The van der Waals surface area contributed by atoms with E-state index in [1.54, 1.807) is 4.90 Å². The number of thiazole rings is 1. The number of benzene rings is 2. The summed E-state index contributed by atoms with van der Waals surface area (Å²) < 4.78 is 0. The number of amides is 2. The van der Waals surface area contributed by atoms with Crippen LogP contribution in [0, 0.1) is 5.41 Å². The molecule has 0 unspecified atom stereocenters. The fourth-order valence-corrected chi connectivity index (χ4v) is 5.20. The Hall–Kier alpha value is -3.56. The zero-order valence-electron chi connectivity index (χ0n) is 19.7. The van der Waals surface area contributed by atoms with Gasteiger partial charge in [0, 0.05) is 16.6 Å². The SMILES string of the molecule is CN(C)CC(=O)Nc1cccc(-c2csc(CNC(=O)C3(CC(=O)O)Cc4ccccc4C3)n2)c1. The highest BCUT2D eigenvalue weighted by atomic mass is 32.1. The van der Waals surface area contributed by atoms with Crippen LogP contribution in [0.2, 0.25) is 0 Å². The van der Waals surface area contributed by atoms with Gasteiger partial charge < -0.3 is 20.6 Å². The Morgan fingerprint density at radius 1 is 1.09 bits per heavy atom. The smallest absolute Gasteiger partial charge is 0.304 e. The molecule has 0 atom stereocenters. The molecular formula is C26H28N4O4S. The summed E-state index contributed by atoms with van der Waals surface area (Å²) in [4.78, 5) is 43.3. The highest BCUT2D eigenvalue weighted by Crippen LogP contribution is 2.40. The van der Waals surface area contributed by atoms with Crippen LogP contribution in [0.3, 0.4) is 0 Å². The molecule has 2 amide bonds. The molecule has 182 valence electrons. The van der Waals surface area contributed by atoms with E-state index in [0.29, 0.717) is 25.1 Å². The summed E-state index contributed by atoms with van der Waals surface area (Å²) in [7, 11) is 3.67. The molecule has 0 saturated heterocycles. The molecule has 8 nitrogen and oxygen atoms in total. The van der Waals surface area contributed by atoms with E-state index in [0.717, 1.165) is 27.4 Å². The first-order valence-electron chi connectivity index (χ1n) is 11.3. The Morgan fingerprint density at radius 3 is 2.46 bits per heavy atom. The molecule has 3 N–H and O–H groups in total. The lowest BCUT2D eigenvalue weighted by Gasteiger charge is -2.25. The number of hydrogen-bond acceptors (Lipinski definition) is 6. The maximum atomic E-state index is 13.2. The lowest BCUT2D eigenvalue weighted by Crippen LogP contribution is -2.43. The molecule has 4 rings (SSSR count). The van der Waals surface area contributed by atoms with Crippen molar-refractivity contribution in [1.82, 2.24) is 15.2 Å². The molecule has 1 aromatic heterocycles. The fourth-order valence-electron chi connectivity index (χ4n) is 4.46. The minimum Gasteiger partial charge on any atom is -0.481 e. The summed E-state index contributed by atoms with van der Waals surface area (Å²) in [5.41, 5.74) is 3.35. The molecule has 0 bridgehead atoms. The van der Waals surface area contributed by atoms with Crippen molar-refractivity contribution in [3.8, 4) is 11.3 Å². The lowest BCUT2D eigenvalue weighted by molar-refractivity contribution is -0.145. The van der Waals surface area contributed by atoms with E-state index in [9.17, 15) is 19.5 Å². The molecule has 0 aliphatic heterocycles. The first-order valence-corrected chi connectivity index (χ1v) is 12.2. The second-order valence-corrected chi connectivity index (χ2v) is 10.1. The number of fused-ring (bicyclic) bond motifs is 1. The summed E-state index contributed by atoms with van der Waals surface area (Å²) in [6.45, 7) is 0.514. The normalized spacial score (nSPS) is 13.9. The van der Waals surface area contributed by atoms with Crippen molar-refractivity contribution in [2.75, 3.05) is 26.0 Å². The highest BCUT2D eigenvalue weighted by molar-refractivity contribution is 7.09. The molecule has 3 aromatic rings. The minimum atomic E-state index is -0.991. The van der Waals surface area contributed by atoms with Crippen LogP contribution >= 0.6 is 11.3 Å². The minimum absolute atomic E-state index is 0.0989. The largest absolute Gasteiger partial charge is 0.481 e. The van der Waals surface area contributed by atoms with Gasteiger partial charge in [0.2, 0.25) is 11.8 Å². The molecule has 1 aliphatic rings. The summed E-state index contributed by atoms with van der Waals surface area (Å²) >= 11 is 1.42. The van der Waals surface area contributed by atoms with E-state index in [1.807, 2.05) is 68.0 Å². The lowest BCUT2D eigenvalue weighted by atomic mass is 9.80. The van der Waals surface area contributed by atoms with Gasteiger partial charge in [0.25, 0.3) is 0 Å². The Labute approximate surface area is 208 Å². The third-order valence-electron chi connectivity index (χ3n) is 6.00. The number of aliphatic carboxylic acids is 1. The number of nitrogens with one attached hydrogen (secondary N) is 2. The van der Waals surface area contributed by atoms with Crippen LogP contribution in [0.15, 0.2) is 53.9 Å². The third kappa shape index (κ3) is 5.93. The van der Waals surface area contributed by atoms with Gasteiger partial charge in [-0.05, 0) is 50.2 Å². The van der Waals surface area contributed by atoms with E-state index in [4.69, 9.17) is 0 Å². The van der Waals surface area contributed by atoms with Crippen LogP contribution < -0.4 is 10.6 Å². The van der Waals surface area contributed by atoms with E-state index in [2.05, 4.69) is 15.6 Å². The van der Waals surface area contributed by atoms with Gasteiger partial charge >= 0.3 is 5.97 Å². The van der Waals surface area contributed by atoms with Crippen molar-refractivity contribution in [3.63, 3.8) is 0 Å². The molecule has 0 saturated carbocycles. The summed E-state index contributed by atoms with van der Waals surface area (Å²) in [5.74, 6) is -1.35. The van der Waals surface area contributed by atoms with Crippen molar-refractivity contribution in [2.45, 2.75) is 25.8 Å². The van der Waals surface area contributed by atoms with Crippen molar-refractivity contribution < 1.29 is 19.5 Å². The van der Waals surface area contributed by atoms with Crippen LogP contribution in [0.5, 0.6) is 0 Å². The Kier molecular flexibility index (Phi) is 7.28. The van der Waals surface area contributed by atoms with Gasteiger partial charge in [0.05, 0.1) is 30.6 Å². The average molecular weight is 493 g/mol. The number of carboxylic acid groups (broad SMARTS) is 1. The second-order valence-electron chi connectivity index (χ2n) is 9.15. The molecule has 0 radical (unpaired) electrons. The van der Waals surface area contributed by atoms with Crippen molar-refractivity contribution in [2.24, 2.45) is 5.41 Å². The van der Waals surface area contributed by atoms with Crippen LogP contribution in [0.4, 0.5) is 5.69 Å². The summed E-state index contributed by atoms with van der Waals surface area (Å²) in [6, 6.07) is 15.2. The number of carboxylic acids is 1. The van der Waals surface area contributed by atoms with Gasteiger partial charge in [-0.15, -0.1) is 11.3 Å². The number of aromatic nitrogens is 1. The zero-order valence-corrected chi connectivity index (χ0v) is 20.5. The first kappa shape index (κ1) is 24.6. The predicted octanol–water partition coefficient (Wildman–Crippen LogP) is 3.19. The maximum Gasteiger partial charge on any atom is 0.304 e. The molecule has 1 heterocycles. The fraction of sp³-hybridized carbons (Fsp3) is 0.308. The second kappa shape index (κ2) is 10.4. The molecule has 0 spiro atoms. The number of carbonyl (C=O) groups is 3. The monoisotopic (exact) mass is 492 g/mol. The predicted molar refractivity (Wildman–Crippen MR) is 135 cm³/mol. The third-order valence-corrected chi connectivity index (χ3v) is 6.85. The topological polar surface area (TPSA) is 112 Å². The first-order chi connectivity index (χ1) is 16.7. The molecular weight excluding hydrogens is 464 g/mol. The Balaban J connectivity index is 1.42. The molecule has 9 heteroatoms. The van der Waals surface area contributed by atoms with Crippen molar-refractivity contribution >= 4 is 34.8 Å².